The molecule has 0 radical (unpaired) electrons. The van der Waals surface area contributed by atoms with Crippen LogP contribution in [0.2, 0.25) is 0 Å². The van der Waals surface area contributed by atoms with Gasteiger partial charge in [0.2, 0.25) is 17.7 Å². The Balaban J connectivity index is 1.79. The Morgan fingerprint density at radius 3 is 2.12 bits per heavy atom. The van der Waals surface area contributed by atoms with E-state index in [9.17, 15) is 28.8 Å². The van der Waals surface area contributed by atoms with Gasteiger partial charge in [0.05, 0.1) is 6.04 Å². The van der Waals surface area contributed by atoms with Crippen LogP contribution in [0.1, 0.15) is 97.9 Å². The standard InChI is InChI=1S/C47H66N8O8S/c1-6-7-8-9-10-11-31-12-15-34(28(2)24-31)42(57)52-37(18-19-48)47(61)55(5)41-33-14-17-40(63-23-21-50)36(27-33)35-25-32(13-16-39(35)62-22-20-49)26-38(43(58)51-29(3)30(4)56)53-45(60)46(64)54-44(41)59/h12-17,24-25,27,29,37-38,41,46,64H,6-11,18-23,26,48-50H2,1-5H3,(H,51,58)(H,52,57)(H,53,60)(H,54,59)/t29-,37-,38?,41?,46-/m0/s1. The summed E-state index contributed by atoms with van der Waals surface area (Å²) >= 11 is 4.42. The highest BCUT2D eigenvalue weighted by Crippen LogP contribution is 2.40. The molecule has 64 heavy (non-hydrogen) atoms. The van der Waals surface area contributed by atoms with E-state index >= 15 is 0 Å². The highest BCUT2D eigenvalue weighted by molar-refractivity contribution is 7.81. The van der Waals surface area contributed by atoms with Crippen LogP contribution in [0.15, 0.2) is 54.6 Å². The second-order valence-electron chi connectivity index (χ2n) is 16.1. The number of unbranched alkanes of at least 4 members (excludes halogenated alkanes) is 4. The van der Waals surface area contributed by atoms with Crippen molar-refractivity contribution in [3.63, 3.8) is 0 Å². The van der Waals surface area contributed by atoms with E-state index in [1.165, 1.54) is 45.1 Å². The van der Waals surface area contributed by atoms with Crippen molar-refractivity contribution >= 4 is 47.9 Å². The first-order valence-corrected chi connectivity index (χ1v) is 22.5. The second kappa shape index (κ2) is 25.1. The predicted molar refractivity (Wildman–Crippen MR) is 250 cm³/mol. The molecule has 3 aromatic carbocycles. The van der Waals surface area contributed by atoms with E-state index in [1.807, 2.05) is 19.1 Å². The number of hydrogen-bond acceptors (Lipinski definition) is 12. The van der Waals surface area contributed by atoms with Crippen LogP contribution in [0.3, 0.4) is 0 Å². The van der Waals surface area contributed by atoms with Crippen molar-refractivity contribution in [2.24, 2.45) is 17.2 Å². The van der Waals surface area contributed by atoms with E-state index in [2.05, 4.69) is 40.8 Å². The molecule has 16 nitrogen and oxygen atoms in total. The Bertz CT molecular complexity index is 2120. The van der Waals surface area contributed by atoms with E-state index in [0.29, 0.717) is 39.3 Å². The van der Waals surface area contributed by atoms with Gasteiger partial charge in [-0.3, -0.25) is 28.8 Å². The molecule has 1 aliphatic rings. The number of benzene rings is 3. The Hall–Kier alpha value is -5.49. The molecule has 0 aliphatic carbocycles. The van der Waals surface area contributed by atoms with Crippen molar-refractivity contribution in [1.82, 2.24) is 26.2 Å². The molecular weight excluding hydrogens is 837 g/mol. The molecule has 0 spiro atoms. The molecule has 0 fully saturated rings. The summed E-state index contributed by atoms with van der Waals surface area (Å²) in [5.41, 5.74) is 21.8. The second-order valence-corrected chi connectivity index (χ2v) is 16.7. The maximum Gasteiger partial charge on any atom is 0.253 e. The van der Waals surface area contributed by atoms with Crippen LogP contribution in [-0.4, -0.2) is 104 Å². The predicted octanol–water partition coefficient (Wildman–Crippen LogP) is 3.00. The number of thiol groups is 1. The summed E-state index contributed by atoms with van der Waals surface area (Å²) in [7, 11) is 1.42. The number of ketones is 1. The van der Waals surface area contributed by atoms with Gasteiger partial charge in [0.25, 0.3) is 11.8 Å². The fourth-order valence-electron chi connectivity index (χ4n) is 7.48. The van der Waals surface area contributed by atoms with Gasteiger partial charge in [-0.2, -0.15) is 0 Å². The zero-order valence-corrected chi connectivity index (χ0v) is 38.6. The van der Waals surface area contributed by atoms with Crippen LogP contribution < -0.4 is 47.9 Å². The van der Waals surface area contributed by atoms with Crippen LogP contribution in [0.5, 0.6) is 11.5 Å². The van der Waals surface area contributed by atoms with Crippen LogP contribution in [-0.2, 0) is 36.8 Å². The first kappa shape index (κ1) is 51.1. The maximum atomic E-state index is 14.6. The molecule has 5 amide bonds. The molecule has 0 saturated carbocycles. The lowest BCUT2D eigenvalue weighted by Gasteiger charge is -2.32. The van der Waals surface area contributed by atoms with Crippen molar-refractivity contribution in [2.45, 2.75) is 109 Å². The van der Waals surface area contributed by atoms with Gasteiger partial charge in [0.15, 0.2) is 11.2 Å². The number of amides is 5. The highest BCUT2D eigenvalue weighted by atomic mass is 32.1. The van der Waals surface area contributed by atoms with Gasteiger partial charge < -0.3 is 52.8 Å². The molecule has 17 heteroatoms. The maximum absolute atomic E-state index is 14.6. The minimum atomic E-state index is -1.50. The lowest BCUT2D eigenvalue weighted by Crippen LogP contribution is -2.56. The normalized spacial score (nSPS) is 17.2. The number of aryl methyl sites for hydroxylation is 2. The molecule has 3 aromatic rings. The molecule has 4 bridgehead atoms. The minimum Gasteiger partial charge on any atom is -0.492 e. The number of nitrogens with two attached hydrogens (primary N) is 3. The quantitative estimate of drug-likeness (QED) is 0.0570. The van der Waals surface area contributed by atoms with E-state index in [0.717, 1.165) is 30.4 Å². The third-order valence-electron chi connectivity index (χ3n) is 11.1. The van der Waals surface area contributed by atoms with Gasteiger partial charge in [-0.1, -0.05) is 56.9 Å². The number of rotatable bonds is 21. The van der Waals surface area contributed by atoms with Crippen molar-refractivity contribution < 1.29 is 38.2 Å². The monoisotopic (exact) mass is 902 g/mol. The molecule has 2 unspecified atom stereocenters. The van der Waals surface area contributed by atoms with E-state index in [4.69, 9.17) is 26.7 Å². The average molecular weight is 903 g/mol. The summed E-state index contributed by atoms with van der Waals surface area (Å²) in [6.45, 7) is 7.61. The summed E-state index contributed by atoms with van der Waals surface area (Å²) in [6.07, 6.45) is 6.67. The fourth-order valence-corrected chi connectivity index (χ4v) is 7.68. The summed E-state index contributed by atoms with van der Waals surface area (Å²) in [4.78, 5) is 83.7. The number of ether oxygens (including phenoxy) is 2. The molecule has 0 saturated heterocycles. The van der Waals surface area contributed by atoms with Gasteiger partial charge in [0.1, 0.15) is 42.8 Å². The van der Waals surface area contributed by atoms with Crippen molar-refractivity contribution in [2.75, 3.05) is 39.9 Å². The number of likely N-dealkylation sites (N-methyl/N-ethyl adjacent to an activating group) is 1. The molecular formula is C47H66N8O8S. The Kier molecular flexibility index (Phi) is 20.1. The number of nitrogens with one attached hydrogen (secondary N) is 4. The molecule has 4 rings (SSSR count). The van der Waals surface area contributed by atoms with Gasteiger partial charge in [-0.15, -0.1) is 12.6 Å². The molecule has 348 valence electrons. The number of nitrogens with zero attached hydrogens (tertiary/aromatic N) is 1. The van der Waals surface area contributed by atoms with Crippen LogP contribution in [0.25, 0.3) is 11.1 Å². The van der Waals surface area contributed by atoms with E-state index < -0.39 is 59.1 Å². The van der Waals surface area contributed by atoms with Crippen molar-refractivity contribution in [3.8, 4) is 22.6 Å². The molecule has 1 heterocycles. The Morgan fingerprint density at radius 2 is 1.50 bits per heavy atom. The molecule has 5 atom stereocenters. The summed E-state index contributed by atoms with van der Waals surface area (Å²) in [5.74, 6) is -2.89. The van der Waals surface area contributed by atoms with E-state index in [1.54, 1.807) is 42.5 Å². The molecule has 0 aromatic heterocycles. The van der Waals surface area contributed by atoms with Gasteiger partial charge in [-0.05, 0) is 99.2 Å². The fraction of sp³-hybridized carbons (Fsp3) is 0.489. The number of Topliss-reactive ketones (excluding diaryl/α,β-unsaturated/α-hetero) is 1. The summed E-state index contributed by atoms with van der Waals surface area (Å²) in [6, 6.07) is 11.2. The zero-order valence-electron chi connectivity index (χ0n) is 37.7. The van der Waals surface area contributed by atoms with Gasteiger partial charge >= 0.3 is 0 Å². The Morgan fingerprint density at radius 1 is 0.844 bits per heavy atom. The van der Waals surface area contributed by atoms with Crippen LogP contribution in [0, 0.1) is 6.92 Å². The van der Waals surface area contributed by atoms with Crippen molar-refractivity contribution in [1.29, 1.82) is 0 Å². The van der Waals surface area contributed by atoms with Crippen LogP contribution >= 0.6 is 12.6 Å². The van der Waals surface area contributed by atoms with E-state index in [-0.39, 0.29) is 51.5 Å². The number of fused-ring (bicyclic) bond motifs is 5. The number of carbonyl (C=O) groups is 6. The smallest absolute Gasteiger partial charge is 0.253 e. The Labute approximate surface area is 381 Å². The lowest BCUT2D eigenvalue weighted by molar-refractivity contribution is -0.141. The zero-order chi connectivity index (χ0) is 46.9. The minimum absolute atomic E-state index is 0.0313. The topological polar surface area (TPSA) is 250 Å². The third kappa shape index (κ3) is 14.0. The summed E-state index contributed by atoms with van der Waals surface area (Å²) in [5, 5.41) is 9.28. The first-order valence-electron chi connectivity index (χ1n) is 22.0. The van der Waals surface area contributed by atoms with Crippen LogP contribution in [0.4, 0.5) is 0 Å². The SMILES string of the molecule is CCCCCCCc1ccc(C(=O)N[C@@H](CCN)C(=O)N(C)C2C(=O)N[C@@H](S)C(=O)NC(C(=O)N[C@@H](C)C(C)=O)Cc3ccc(OCCN)c(c3)-c3cc2ccc3OCCN)c(C)c1. The highest BCUT2D eigenvalue weighted by Gasteiger charge is 2.36. The molecule has 10 N–H and O–H groups in total. The lowest BCUT2D eigenvalue weighted by atomic mass is 9.93. The molecule has 1 aliphatic heterocycles. The average Bonchev–Trinajstić information content (AvgIpc) is 3.26. The largest absolute Gasteiger partial charge is 0.492 e. The van der Waals surface area contributed by atoms with Gasteiger partial charge in [-0.25, -0.2) is 0 Å². The first-order chi connectivity index (χ1) is 30.6. The number of hydrogen-bond donors (Lipinski definition) is 8. The van der Waals surface area contributed by atoms with Gasteiger partial charge in [0, 0.05) is 43.2 Å². The third-order valence-corrected chi connectivity index (χ3v) is 11.5. The summed E-state index contributed by atoms with van der Waals surface area (Å²) < 4.78 is 12.2. The van der Waals surface area contributed by atoms with Crippen molar-refractivity contribution in [3.05, 3.63) is 82.4 Å². The number of carbonyl (C=O) groups excluding carboxylic acids is 6.